The molecule has 2 aromatic rings. The smallest absolute Gasteiger partial charge is 0.310 e. The first-order valence-electron chi connectivity index (χ1n) is 8.18. The van der Waals surface area contributed by atoms with E-state index in [9.17, 15) is 10.1 Å². The normalized spacial score (nSPS) is 20.2. The second kappa shape index (κ2) is 8.29. The number of nitrogens with one attached hydrogen (secondary N) is 1. The number of hydrogen-bond acceptors (Lipinski definition) is 4. The van der Waals surface area contributed by atoms with Gasteiger partial charge < -0.3 is 14.4 Å². The first-order chi connectivity index (χ1) is 12.1. The van der Waals surface area contributed by atoms with E-state index in [2.05, 4.69) is 0 Å². The minimum absolute atomic E-state index is 0.0291. The fourth-order valence-corrected chi connectivity index (χ4v) is 3.15. The molecule has 0 aromatic heterocycles. The molecule has 6 nitrogen and oxygen atoms in total. The van der Waals surface area contributed by atoms with Crippen molar-refractivity contribution in [2.24, 2.45) is 0 Å². The molecular weight excluding hydrogens is 344 g/mol. The number of ether oxygens (including phenoxy) is 2. The summed E-state index contributed by atoms with van der Waals surface area (Å²) in [6, 6.07) is 14.2. The molecule has 1 N–H and O–H groups in total. The molecule has 3 rings (SSSR count). The molecule has 1 unspecified atom stereocenters. The number of rotatable bonds is 6. The van der Waals surface area contributed by atoms with Gasteiger partial charge in [-0.25, -0.2) is 0 Å². The lowest BCUT2D eigenvalue weighted by molar-refractivity contribution is -0.925. The summed E-state index contributed by atoms with van der Waals surface area (Å²) in [6.07, 6.45) is -0.106. The molecule has 132 valence electrons. The first-order valence-corrected chi connectivity index (χ1v) is 8.56. The lowest BCUT2D eigenvalue weighted by atomic mass is 10.2. The summed E-state index contributed by atoms with van der Waals surface area (Å²) < 4.78 is 11.4. The van der Waals surface area contributed by atoms with Gasteiger partial charge in [-0.05, 0) is 12.1 Å². The van der Waals surface area contributed by atoms with Crippen LogP contribution in [-0.4, -0.2) is 37.3 Å². The monoisotopic (exact) mass is 363 g/mol. The van der Waals surface area contributed by atoms with Crippen LogP contribution >= 0.6 is 11.6 Å². The molecule has 0 radical (unpaired) electrons. The van der Waals surface area contributed by atoms with Gasteiger partial charge in [0.05, 0.1) is 11.5 Å². The number of para-hydroxylation sites is 2. The van der Waals surface area contributed by atoms with E-state index in [-0.39, 0.29) is 24.1 Å². The van der Waals surface area contributed by atoms with Gasteiger partial charge in [0.2, 0.25) is 0 Å². The van der Waals surface area contributed by atoms with E-state index >= 15 is 0 Å². The summed E-state index contributed by atoms with van der Waals surface area (Å²) in [4.78, 5) is 12.0. The first kappa shape index (κ1) is 17.7. The van der Waals surface area contributed by atoms with Gasteiger partial charge in [0.1, 0.15) is 32.3 Å². The van der Waals surface area contributed by atoms with Crippen molar-refractivity contribution in [2.45, 2.75) is 12.6 Å². The molecule has 1 heterocycles. The zero-order valence-corrected chi connectivity index (χ0v) is 14.4. The predicted molar refractivity (Wildman–Crippen MR) is 94.2 cm³/mol. The highest BCUT2D eigenvalue weighted by Crippen LogP contribution is 2.26. The van der Waals surface area contributed by atoms with E-state index in [1.807, 2.05) is 24.3 Å². The molecule has 0 aliphatic carbocycles. The van der Waals surface area contributed by atoms with Gasteiger partial charge in [-0.2, -0.15) is 0 Å². The van der Waals surface area contributed by atoms with Gasteiger partial charge in [0, 0.05) is 16.7 Å². The number of nitro groups is 1. The van der Waals surface area contributed by atoms with Crippen LogP contribution < -0.4 is 9.64 Å². The van der Waals surface area contributed by atoms with Crippen LogP contribution in [0, 0.1) is 10.1 Å². The molecule has 2 aromatic carbocycles. The lowest BCUT2D eigenvalue weighted by Crippen LogP contribution is -3.13. The summed E-state index contributed by atoms with van der Waals surface area (Å²) in [5.74, 6) is 0.273. The Labute approximate surface area is 151 Å². The Morgan fingerprint density at radius 3 is 2.80 bits per heavy atom. The average Bonchev–Trinajstić information content (AvgIpc) is 2.62. The van der Waals surface area contributed by atoms with Crippen LogP contribution in [0.25, 0.3) is 0 Å². The van der Waals surface area contributed by atoms with Crippen LogP contribution in [0.15, 0.2) is 48.5 Å². The highest BCUT2D eigenvalue weighted by atomic mass is 35.5. The van der Waals surface area contributed by atoms with Gasteiger partial charge in [-0.3, -0.25) is 10.1 Å². The maximum absolute atomic E-state index is 11.0. The Kier molecular flexibility index (Phi) is 5.86. The van der Waals surface area contributed by atoms with Gasteiger partial charge in [-0.1, -0.05) is 41.9 Å². The Morgan fingerprint density at radius 1 is 1.24 bits per heavy atom. The van der Waals surface area contributed by atoms with Gasteiger partial charge in [0.15, 0.2) is 5.75 Å². The van der Waals surface area contributed by atoms with E-state index in [1.54, 1.807) is 18.2 Å². The van der Waals surface area contributed by atoms with E-state index in [4.69, 9.17) is 21.1 Å². The largest absolute Gasteiger partial charge is 0.484 e. The Hall–Kier alpha value is -2.15. The van der Waals surface area contributed by atoms with Gasteiger partial charge >= 0.3 is 5.69 Å². The van der Waals surface area contributed by atoms with Crippen LogP contribution in [0.4, 0.5) is 5.69 Å². The zero-order valence-electron chi connectivity index (χ0n) is 13.7. The highest BCUT2D eigenvalue weighted by molar-refractivity contribution is 6.31. The van der Waals surface area contributed by atoms with Crippen LogP contribution in [0.2, 0.25) is 5.02 Å². The van der Waals surface area contributed by atoms with Gasteiger partial charge in [0.25, 0.3) is 0 Å². The number of benzene rings is 2. The quantitative estimate of drug-likeness (QED) is 0.630. The summed E-state index contributed by atoms with van der Waals surface area (Å²) in [5, 5.41) is 11.8. The molecule has 2 atom stereocenters. The van der Waals surface area contributed by atoms with Crippen molar-refractivity contribution in [3.05, 3.63) is 69.2 Å². The Balaban J connectivity index is 1.57. The summed E-state index contributed by atoms with van der Waals surface area (Å²) in [7, 11) is 0. The second-order valence-electron chi connectivity index (χ2n) is 6.00. The minimum Gasteiger partial charge on any atom is -0.484 e. The highest BCUT2D eigenvalue weighted by Gasteiger charge is 2.26. The van der Waals surface area contributed by atoms with Crippen LogP contribution in [0.1, 0.15) is 5.56 Å². The Morgan fingerprint density at radius 2 is 2.00 bits per heavy atom. The van der Waals surface area contributed by atoms with Crippen LogP contribution in [-0.2, 0) is 11.3 Å². The van der Waals surface area contributed by atoms with Crippen molar-refractivity contribution in [2.75, 3.05) is 26.3 Å². The van der Waals surface area contributed by atoms with Crippen molar-refractivity contribution < 1.29 is 19.3 Å². The zero-order chi connectivity index (χ0) is 17.6. The molecule has 7 heteroatoms. The Bertz CT molecular complexity index is 741. The van der Waals surface area contributed by atoms with Crippen molar-refractivity contribution in [3.8, 4) is 5.75 Å². The average molecular weight is 364 g/mol. The summed E-state index contributed by atoms with van der Waals surface area (Å²) in [5.41, 5.74) is 1.08. The molecule has 1 fully saturated rings. The van der Waals surface area contributed by atoms with E-state index in [0.29, 0.717) is 6.61 Å². The summed E-state index contributed by atoms with van der Waals surface area (Å²) >= 11 is 6.24. The minimum atomic E-state index is -0.438. The third kappa shape index (κ3) is 4.69. The number of halogens is 1. The molecule has 0 spiro atoms. The second-order valence-corrected chi connectivity index (χ2v) is 6.41. The molecule has 1 saturated heterocycles. The molecule has 25 heavy (non-hydrogen) atoms. The van der Waals surface area contributed by atoms with Gasteiger partial charge in [-0.15, -0.1) is 0 Å². The fourth-order valence-electron chi connectivity index (χ4n) is 2.94. The van der Waals surface area contributed by atoms with Crippen LogP contribution in [0.5, 0.6) is 5.75 Å². The predicted octanol–water partition coefficient (Wildman–Crippen LogP) is 2.11. The number of nitro benzene ring substituents is 1. The maximum Gasteiger partial charge on any atom is 0.310 e. The SMILES string of the molecule is O=[N+]([O-])c1ccccc1OC[C@H]1C[NH+](Cc2ccccc2Cl)CCO1. The number of nitrogens with zero attached hydrogens (tertiary/aromatic N) is 1. The van der Waals surface area contributed by atoms with Crippen molar-refractivity contribution in [3.63, 3.8) is 0 Å². The third-order valence-electron chi connectivity index (χ3n) is 4.21. The number of hydrogen-bond donors (Lipinski definition) is 1. The third-order valence-corrected chi connectivity index (χ3v) is 4.58. The summed E-state index contributed by atoms with van der Waals surface area (Å²) in [6.45, 7) is 3.41. The molecule has 1 aliphatic heterocycles. The topological polar surface area (TPSA) is 66.0 Å². The van der Waals surface area contributed by atoms with E-state index < -0.39 is 4.92 Å². The van der Waals surface area contributed by atoms with E-state index in [1.165, 1.54) is 11.0 Å². The van der Waals surface area contributed by atoms with Crippen LogP contribution in [0.3, 0.4) is 0 Å². The molecule has 0 saturated carbocycles. The fraction of sp³-hybridized carbons (Fsp3) is 0.333. The molecule has 0 amide bonds. The number of quaternary nitrogens is 1. The molecule has 1 aliphatic rings. The molecular formula is C18H20ClN2O4+. The lowest BCUT2D eigenvalue weighted by Gasteiger charge is -2.30. The maximum atomic E-state index is 11.0. The van der Waals surface area contributed by atoms with Crippen molar-refractivity contribution in [1.29, 1.82) is 0 Å². The van der Waals surface area contributed by atoms with Crippen molar-refractivity contribution >= 4 is 17.3 Å². The van der Waals surface area contributed by atoms with Crippen molar-refractivity contribution in [1.82, 2.24) is 0 Å². The standard InChI is InChI=1S/C18H19ClN2O4/c19-16-6-2-1-5-14(16)11-20-9-10-24-15(12-20)13-25-18-8-4-3-7-17(18)21(22)23/h1-8,15H,9-13H2/p+1/t15-/m1/s1. The molecule has 0 bridgehead atoms. The number of morpholine rings is 1. The van der Waals surface area contributed by atoms with E-state index in [0.717, 1.165) is 30.2 Å².